The maximum atomic E-state index is 13.0. The van der Waals surface area contributed by atoms with Crippen LogP contribution in [0, 0.1) is 17.1 Å². The smallest absolute Gasteiger partial charge is 0.151 e. The molecule has 29 heavy (non-hydrogen) atoms. The van der Waals surface area contributed by atoms with E-state index in [1.54, 1.807) is 18.2 Å². The first-order valence-corrected chi connectivity index (χ1v) is 9.15. The molecule has 0 saturated heterocycles. The molecule has 5 heteroatoms. The summed E-state index contributed by atoms with van der Waals surface area (Å²) in [6.45, 7) is 0.337. The molecule has 0 fully saturated rings. The van der Waals surface area contributed by atoms with Gasteiger partial charge in [-0.25, -0.2) is 9.37 Å². The number of fused-ring (bicyclic) bond motifs is 1. The summed E-state index contributed by atoms with van der Waals surface area (Å²) in [5, 5.41) is 9.70. The van der Waals surface area contributed by atoms with Gasteiger partial charge in [-0.05, 0) is 53.6 Å². The van der Waals surface area contributed by atoms with Crippen LogP contribution in [0.4, 0.5) is 4.39 Å². The molecule has 4 rings (SSSR count). The number of nitrogens with zero attached hydrogens (tertiary/aromatic N) is 3. The third-order valence-corrected chi connectivity index (χ3v) is 4.64. The van der Waals surface area contributed by atoms with Gasteiger partial charge < -0.3 is 9.30 Å². The lowest BCUT2D eigenvalue weighted by Crippen LogP contribution is -1.97. The average Bonchev–Trinajstić information content (AvgIpc) is 3.08. The highest BCUT2D eigenvalue weighted by atomic mass is 19.1. The van der Waals surface area contributed by atoms with E-state index in [-0.39, 0.29) is 5.82 Å². The summed E-state index contributed by atoms with van der Waals surface area (Å²) >= 11 is 0. The molecule has 4 aromatic rings. The van der Waals surface area contributed by atoms with Crippen LogP contribution in [0.1, 0.15) is 17.0 Å². The van der Waals surface area contributed by atoms with Gasteiger partial charge in [-0.3, -0.25) is 0 Å². The topological polar surface area (TPSA) is 50.8 Å². The van der Waals surface area contributed by atoms with E-state index in [1.807, 2.05) is 60.1 Å². The summed E-state index contributed by atoms with van der Waals surface area (Å²) in [7, 11) is 1.90. The lowest BCUT2D eigenvalue weighted by molar-refractivity contribution is 0.306. The van der Waals surface area contributed by atoms with Crippen molar-refractivity contribution in [1.82, 2.24) is 9.55 Å². The number of hydrogen-bond acceptors (Lipinski definition) is 3. The minimum Gasteiger partial charge on any atom is -0.489 e. The molecule has 0 N–H and O–H groups in total. The SMILES string of the molecule is Cn1c(C(C#N)=Cc2cccc(OCc3ccc(F)cc3)c2)nc2ccccc21. The third kappa shape index (κ3) is 4.02. The van der Waals surface area contributed by atoms with Crippen LogP contribution in [0.3, 0.4) is 0 Å². The van der Waals surface area contributed by atoms with Crippen molar-refractivity contribution in [3.05, 3.63) is 95.6 Å². The number of halogens is 1. The highest BCUT2D eigenvalue weighted by Gasteiger charge is 2.12. The molecular weight excluding hydrogens is 365 g/mol. The van der Waals surface area contributed by atoms with Gasteiger partial charge >= 0.3 is 0 Å². The number of ether oxygens (including phenoxy) is 1. The Kier molecular flexibility index (Phi) is 5.08. The standard InChI is InChI=1S/C24H18FN3O/c1-28-23-8-3-2-7-22(23)27-24(28)19(15-26)13-18-5-4-6-21(14-18)29-16-17-9-11-20(25)12-10-17/h2-14H,16H2,1H3. The van der Waals surface area contributed by atoms with Crippen molar-refractivity contribution in [3.63, 3.8) is 0 Å². The quantitative estimate of drug-likeness (QED) is 0.436. The maximum Gasteiger partial charge on any atom is 0.151 e. The molecule has 0 atom stereocenters. The van der Waals surface area contributed by atoms with Crippen molar-refractivity contribution >= 4 is 22.7 Å². The lowest BCUT2D eigenvalue weighted by atomic mass is 10.1. The molecule has 0 aliphatic carbocycles. The number of hydrogen-bond donors (Lipinski definition) is 0. The van der Waals surface area contributed by atoms with Crippen molar-refractivity contribution in [2.45, 2.75) is 6.61 Å². The zero-order chi connectivity index (χ0) is 20.2. The Labute approximate surface area is 168 Å². The van der Waals surface area contributed by atoms with E-state index in [0.29, 0.717) is 23.8 Å². The molecule has 0 aliphatic rings. The summed E-state index contributed by atoms with van der Waals surface area (Å²) in [6, 6.07) is 23.7. The number of para-hydroxylation sites is 2. The second kappa shape index (κ2) is 7.99. The molecule has 0 saturated carbocycles. The minimum atomic E-state index is -0.271. The average molecular weight is 383 g/mol. The first-order valence-electron chi connectivity index (χ1n) is 9.15. The van der Waals surface area contributed by atoms with Crippen molar-refractivity contribution < 1.29 is 9.13 Å². The van der Waals surface area contributed by atoms with Gasteiger partial charge in [0, 0.05) is 7.05 Å². The Bertz CT molecular complexity index is 1230. The molecule has 3 aromatic carbocycles. The number of allylic oxidation sites excluding steroid dienone is 1. The van der Waals surface area contributed by atoms with Gasteiger partial charge in [0.25, 0.3) is 0 Å². The van der Waals surface area contributed by atoms with E-state index in [9.17, 15) is 9.65 Å². The molecule has 0 bridgehead atoms. The lowest BCUT2D eigenvalue weighted by Gasteiger charge is -2.07. The van der Waals surface area contributed by atoms with Gasteiger partial charge in [-0.1, -0.05) is 36.4 Å². The van der Waals surface area contributed by atoms with Crippen molar-refractivity contribution in [1.29, 1.82) is 5.26 Å². The zero-order valence-corrected chi connectivity index (χ0v) is 15.8. The highest BCUT2D eigenvalue weighted by Crippen LogP contribution is 2.23. The van der Waals surface area contributed by atoms with E-state index in [1.165, 1.54) is 12.1 Å². The molecule has 0 aliphatic heterocycles. The van der Waals surface area contributed by atoms with Crippen molar-refractivity contribution in [3.8, 4) is 11.8 Å². The van der Waals surface area contributed by atoms with Crippen LogP contribution in [0.25, 0.3) is 22.7 Å². The highest BCUT2D eigenvalue weighted by molar-refractivity contribution is 5.90. The van der Waals surface area contributed by atoms with E-state index in [0.717, 1.165) is 22.2 Å². The van der Waals surface area contributed by atoms with E-state index in [2.05, 4.69) is 11.1 Å². The first-order chi connectivity index (χ1) is 14.1. The molecular formula is C24H18FN3O. The molecule has 1 aromatic heterocycles. The summed E-state index contributed by atoms with van der Waals surface area (Å²) in [5.74, 6) is 1.02. The number of nitriles is 1. The van der Waals surface area contributed by atoms with E-state index < -0.39 is 0 Å². The fraction of sp³-hybridized carbons (Fsp3) is 0.0833. The van der Waals surface area contributed by atoms with Crippen LogP contribution in [0.2, 0.25) is 0 Å². The van der Waals surface area contributed by atoms with Gasteiger partial charge in [0.1, 0.15) is 24.2 Å². The number of aryl methyl sites for hydroxylation is 1. The molecule has 0 spiro atoms. The van der Waals surface area contributed by atoms with Gasteiger partial charge in [0.15, 0.2) is 5.82 Å². The Hall–Kier alpha value is -3.91. The Balaban J connectivity index is 1.59. The number of aromatic nitrogens is 2. The predicted octanol–water partition coefficient (Wildman–Crippen LogP) is 5.36. The number of rotatable bonds is 5. The minimum absolute atomic E-state index is 0.271. The van der Waals surface area contributed by atoms with Gasteiger partial charge in [-0.15, -0.1) is 0 Å². The molecule has 142 valence electrons. The van der Waals surface area contributed by atoms with Crippen molar-refractivity contribution in [2.75, 3.05) is 0 Å². The second-order valence-electron chi connectivity index (χ2n) is 6.64. The zero-order valence-electron chi connectivity index (χ0n) is 15.8. The maximum absolute atomic E-state index is 13.0. The molecule has 0 radical (unpaired) electrons. The van der Waals surface area contributed by atoms with Crippen LogP contribution >= 0.6 is 0 Å². The second-order valence-corrected chi connectivity index (χ2v) is 6.64. The summed E-state index contributed by atoms with van der Waals surface area (Å²) in [4.78, 5) is 4.60. The van der Waals surface area contributed by atoms with Crippen LogP contribution in [-0.4, -0.2) is 9.55 Å². The summed E-state index contributed by atoms with van der Waals surface area (Å²) < 4.78 is 20.7. The Morgan fingerprint density at radius 1 is 1.10 bits per heavy atom. The van der Waals surface area contributed by atoms with E-state index >= 15 is 0 Å². The van der Waals surface area contributed by atoms with Gasteiger partial charge in [0.05, 0.1) is 16.6 Å². The van der Waals surface area contributed by atoms with Crippen LogP contribution < -0.4 is 4.74 Å². The van der Waals surface area contributed by atoms with E-state index in [4.69, 9.17) is 4.74 Å². The Morgan fingerprint density at radius 3 is 2.66 bits per heavy atom. The summed E-state index contributed by atoms with van der Waals surface area (Å²) in [5.41, 5.74) is 4.01. The molecule has 4 nitrogen and oxygen atoms in total. The van der Waals surface area contributed by atoms with Gasteiger partial charge in [0.2, 0.25) is 0 Å². The fourth-order valence-corrected chi connectivity index (χ4v) is 3.14. The largest absolute Gasteiger partial charge is 0.489 e. The van der Waals surface area contributed by atoms with Crippen LogP contribution in [0.5, 0.6) is 5.75 Å². The monoisotopic (exact) mass is 383 g/mol. The third-order valence-electron chi connectivity index (χ3n) is 4.64. The number of benzene rings is 3. The van der Waals surface area contributed by atoms with Crippen LogP contribution in [-0.2, 0) is 13.7 Å². The number of imidazole rings is 1. The summed E-state index contributed by atoms with van der Waals surface area (Å²) in [6.07, 6.45) is 1.80. The Morgan fingerprint density at radius 2 is 1.90 bits per heavy atom. The molecule has 1 heterocycles. The van der Waals surface area contributed by atoms with Crippen molar-refractivity contribution in [2.24, 2.45) is 7.05 Å². The fourth-order valence-electron chi connectivity index (χ4n) is 3.14. The predicted molar refractivity (Wildman–Crippen MR) is 111 cm³/mol. The molecule has 0 unspecified atom stereocenters. The first kappa shape index (κ1) is 18.5. The normalized spacial score (nSPS) is 11.4. The van der Waals surface area contributed by atoms with Gasteiger partial charge in [-0.2, -0.15) is 5.26 Å². The molecule has 0 amide bonds. The van der Waals surface area contributed by atoms with Crippen LogP contribution in [0.15, 0.2) is 72.8 Å².